The minimum atomic E-state index is -3.97. The van der Waals surface area contributed by atoms with Gasteiger partial charge in [-0.05, 0) is 43.5 Å². The molecular formula is C22H26ClN3O5S2. The average molecular weight is 512 g/mol. The molecule has 0 bridgehead atoms. The lowest BCUT2D eigenvalue weighted by molar-refractivity contribution is -0.118. The van der Waals surface area contributed by atoms with Crippen LogP contribution < -0.4 is 19.5 Å². The Morgan fingerprint density at radius 3 is 2.48 bits per heavy atom. The maximum Gasteiger partial charge on any atom is 0.242 e. The second-order valence-electron chi connectivity index (χ2n) is 7.84. The molecule has 1 aromatic heterocycles. The van der Waals surface area contributed by atoms with Crippen LogP contribution in [0, 0.1) is 12.8 Å². The molecule has 0 radical (unpaired) electrons. The molecule has 1 atom stereocenters. The molecule has 178 valence electrons. The highest BCUT2D eigenvalue weighted by Crippen LogP contribution is 2.36. The van der Waals surface area contributed by atoms with Gasteiger partial charge in [0.05, 0.1) is 45.0 Å². The first kappa shape index (κ1) is 25.2. The van der Waals surface area contributed by atoms with Crippen molar-refractivity contribution in [3.63, 3.8) is 0 Å². The van der Waals surface area contributed by atoms with Crippen molar-refractivity contribution in [3.8, 4) is 11.5 Å². The Kier molecular flexibility index (Phi) is 7.84. The first-order valence-electron chi connectivity index (χ1n) is 10.2. The molecule has 1 heterocycles. The molecule has 0 fully saturated rings. The quantitative estimate of drug-likeness (QED) is 0.434. The van der Waals surface area contributed by atoms with E-state index in [9.17, 15) is 13.2 Å². The maximum atomic E-state index is 13.1. The van der Waals surface area contributed by atoms with Crippen LogP contribution in [0.1, 0.15) is 25.3 Å². The van der Waals surface area contributed by atoms with Crippen molar-refractivity contribution < 1.29 is 22.7 Å². The van der Waals surface area contributed by atoms with Gasteiger partial charge in [0.1, 0.15) is 17.5 Å². The highest BCUT2D eigenvalue weighted by Gasteiger charge is 2.28. The molecule has 3 aromatic rings. The zero-order valence-corrected chi connectivity index (χ0v) is 21.3. The molecule has 0 spiro atoms. The molecule has 1 amide bonds. The molecule has 3 rings (SSSR count). The maximum absolute atomic E-state index is 13.1. The zero-order chi connectivity index (χ0) is 24.3. The summed E-state index contributed by atoms with van der Waals surface area (Å²) in [5.74, 6) is 0.249. The highest BCUT2D eigenvalue weighted by atomic mass is 35.5. The van der Waals surface area contributed by atoms with Crippen molar-refractivity contribution in [1.29, 1.82) is 0 Å². The Balaban J connectivity index is 1.88. The number of halogens is 1. The molecule has 0 aliphatic heterocycles. The van der Waals surface area contributed by atoms with E-state index >= 15 is 0 Å². The molecule has 2 aromatic carbocycles. The van der Waals surface area contributed by atoms with Crippen LogP contribution in [0.2, 0.25) is 5.02 Å². The lowest BCUT2D eigenvalue weighted by Crippen LogP contribution is -2.44. The summed E-state index contributed by atoms with van der Waals surface area (Å²) < 4.78 is 40.1. The number of carbonyl (C=O) groups excluding carboxylic acids is 1. The normalized spacial score (nSPS) is 12.7. The summed E-state index contributed by atoms with van der Waals surface area (Å²) in [6, 6.07) is 6.75. The van der Waals surface area contributed by atoms with Crippen molar-refractivity contribution in [1.82, 2.24) is 9.71 Å². The Labute approximate surface area is 202 Å². The second-order valence-corrected chi connectivity index (χ2v) is 11.2. The number of aromatic nitrogens is 1. The van der Waals surface area contributed by atoms with E-state index in [1.807, 2.05) is 20.8 Å². The first-order valence-corrected chi connectivity index (χ1v) is 12.8. The van der Waals surface area contributed by atoms with Crippen LogP contribution in [0.15, 0.2) is 35.2 Å². The van der Waals surface area contributed by atoms with Gasteiger partial charge in [0.15, 0.2) is 0 Å². The molecule has 33 heavy (non-hydrogen) atoms. The van der Waals surface area contributed by atoms with Crippen LogP contribution >= 0.6 is 22.9 Å². The van der Waals surface area contributed by atoms with Crippen molar-refractivity contribution >= 4 is 54.8 Å². The number of benzene rings is 2. The zero-order valence-electron chi connectivity index (χ0n) is 18.9. The van der Waals surface area contributed by atoms with Crippen molar-refractivity contribution in [2.24, 2.45) is 5.92 Å². The number of sulfonamides is 1. The summed E-state index contributed by atoms with van der Waals surface area (Å²) in [7, 11) is -1.05. The lowest BCUT2D eigenvalue weighted by atomic mass is 10.0. The van der Waals surface area contributed by atoms with Crippen LogP contribution in [0.3, 0.4) is 0 Å². The molecule has 2 N–H and O–H groups in total. The Hall–Kier alpha value is -2.40. The van der Waals surface area contributed by atoms with Gasteiger partial charge in [0, 0.05) is 6.07 Å². The molecule has 1 unspecified atom stereocenters. The number of ether oxygens (including phenoxy) is 2. The minimum Gasteiger partial charge on any atom is -0.495 e. The van der Waals surface area contributed by atoms with Crippen LogP contribution in [0.25, 0.3) is 10.2 Å². The summed E-state index contributed by atoms with van der Waals surface area (Å²) in [5, 5.41) is 3.85. The van der Waals surface area contributed by atoms with Gasteiger partial charge in [-0.15, -0.1) is 11.3 Å². The summed E-state index contributed by atoms with van der Waals surface area (Å²) in [6.07, 6.45) is 0.291. The fourth-order valence-electron chi connectivity index (χ4n) is 3.30. The van der Waals surface area contributed by atoms with E-state index in [4.69, 9.17) is 21.1 Å². The monoisotopic (exact) mass is 511 g/mol. The van der Waals surface area contributed by atoms with Gasteiger partial charge in [0.2, 0.25) is 15.9 Å². The number of hydrogen-bond donors (Lipinski definition) is 2. The number of carbonyl (C=O) groups is 1. The molecule has 0 aliphatic carbocycles. The highest BCUT2D eigenvalue weighted by molar-refractivity contribution is 7.89. The van der Waals surface area contributed by atoms with E-state index in [0.29, 0.717) is 23.6 Å². The fraction of sp³-hybridized carbons (Fsp3) is 0.364. The second kappa shape index (κ2) is 10.3. The topological polar surface area (TPSA) is 107 Å². The van der Waals surface area contributed by atoms with E-state index in [2.05, 4.69) is 15.0 Å². The predicted molar refractivity (Wildman–Crippen MR) is 131 cm³/mol. The van der Waals surface area contributed by atoms with Crippen molar-refractivity contribution in [2.45, 2.75) is 38.1 Å². The number of hydrogen-bond acceptors (Lipinski definition) is 7. The van der Waals surface area contributed by atoms with Crippen LogP contribution in [-0.4, -0.2) is 39.6 Å². The third kappa shape index (κ3) is 5.94. The van der Waals surface area contributed by atoms with Gasteiger partial charge in [-0.25, -0.2) is 13.4 Å². The van der Waals surface area contributed by atoms with Gasteiger partial charge in [-0.1, -0.05) is 25.4 Å². The summed E-state index contributed by atoms with van der Waals surface area (Å²) >= 11 is 7.60. The number of thiazole rings is 1. The number of methoxy groups -OCH3 is 2. The van der Waals surface area contributed by atoms with E-state index in [-0.39, 0.29) is 15.8 Å². The largest absolute Gasteiger partial charge is 0.495 e. The summed E-state index contributed by atoms with van der Waals surface area (Å²) in [5.41, 5.74) is 1.04. The van der Waals surface area contributed by atoms with Crippen molar-refractivity contribution in [2.75, 3.05) is 19.5 Å². The molecule has 8 nitrogen and oxygen atoms in total. The minimum absolute atomic E-state index is 0.0522. The first-order chi connectivity index (χ1) is 15.5. The molecule has 0 saturated heterocycles. The SMILES string of the molecule is COc1cc(OC)c(NC(=O)C(CC(C)C)NS(=O)(=O)c2ccc3nc(C)sc3c2)cc1Cl. The molecule has 0 aliphatic rings. The lowest BCUT2D eigenvalue weighted by Gasteiger charge is -2.21. The van der Waals surface area contributed by atoms with Gasteiger partial charge in [-0.3, -0.25) is 4.79 Å². The predicted octanol–water partition coefficient (Wildman–Crippen LogP) is 4.61. The smallest absolute Gasteiger partial charge is 0.242 e. The molecule has 11 heteroatoms. The van der Waals surface area contributed by atoms with E-state index in [1.165, 1.54) is 37.7 Å². The van der Waals surface area contributed by atoms with E-state index in [0.717, 1.165) is 15.2 Å². The summed E-state index contributed by atoms with van der Waals surface area (Å²) in [6.45, 7) is 5.68. The number of fused-ring (bicyclic) bond motifs is 1. The molecular weight excluding hydrogens is 486 g/mol. The Bertz CT molecular complexity index is 1270. The number of nitrogens with zero attached hydrogens (tertiary/aromatic N) is 1. The van der Waals surface area contributed by atoms with Crippen LogP contribution in [0.4, 0.5) is 5.69 Å². The standard InChI is InChI=1S/C22H26ClN3O5S2/c1-12(2)8-18(22(27)25-17-10-15(23)19(30-4)11-20(17)31-5)26-33(28,29)14-6-7-16-21(9-14)32-13(3)24-16/h6-7,9-12,18,26H,8H2,1-5H3,(H,25,27). The van der Waals surface area contributed by atoms with Crippen molar-refractivity contribution in [3.05, 3.63) is 40.4 Å². The van der Waals surface area contributed by atoms with Crippen LogP contribution in [0.5, 0.6) is 11.5 Å². The Morgan fingerprint density at radius 1 is 1.15 bits per heavy atom. The fourth-order valence-corrected chi connectivity index (χ4v) is 5.72. The molecule has 0 saturated carbocycles. The third-order valence-electron chi connectivity index (χ3n) is 4.83. The van der Waals surface area contributed by atoms with Gasteiger partial charge >= 0.3 is 0 Å². The van der Waals surface area contributed by atoms with Gasteiger partial charge in [0.25, 0.3) is 0 Å². The Morgan fingerprint density at radius 2 is 1.85 bits per heavy atom. The number of aryl methyl sites for hydroxylation is 1. The van der Waals surface area contributed by atoms with Gasteiger partial charge < -0.3 is 14.8 Å². The number of amides is 1. The van der Waals surface area contributed by atoms with E-state index < -0.39 is 22.0 Å². The van der Waals surface area contributed by atoms with E-state index in [1.54, 1.807) is 18.2 Å². The average Bonchev–Trinajstić information content (AvgIpc) is 3.12. The van der Waals surface area contributed by atoms with Gasteiger partial charge in [-0.2, -0.15) is 4.72 Å². The number of anilines is 1. The number of nitrogens with one attached hydrogen (secondary N) is 2. The summed E-state index contributed by atoms with van der Waals surface area (Å²) in [4.78, 5) is 17.6. The number of rotatable bonds is 9. The van der Waals surface area contributed by atoms with Crippen LogP contribution in [-0.2, 0) is 14.8 Å². The third-order valence-corrected chi connectivity index (χ3v) is 7.53.